The van der Waals surface area contributed by atoms with Crippen molar-refractivity contribution in [3.8, 4) is 0 Å². The van der Waals surface area contributed by atoms with Gasteiger partial charge in [-0.3, -0.25) is 9.59 Å². The van der Waals surface area contributed by atoms with E-state index in [9.17, 15) is 9.59 Å². The summed E-state index contributed by atoms with van der Waals surface area (Å²) in [5, 5.41) is 5.80. The van der Waals surface area contributed by atoms with Gasteiger partial charge in [0.15, 0.2) is 0 Å². The predicted molar refractivity (Wildman–Crippen MR) is 106 cm³/mol. The van der Waals surface area contributed by atoms with E-state index in [4.69, 9.17) is 0 Å². The van der Waals surface area contributed by atoms with Crippen molar-refractivity contribution in [3.63, 3.8) is 0 Å². The fraction of sp³-hybridized carbons (Fsp3) is 0.300. The van der Waals surface area contributed by atoms with Crippen LogP contribution >= 0.6 is 15.9 Å². The number of nitrogens with one attached hydrogen (secondary N) is 2. The summed E-state index contributed by atoms with van der Waals surface area (Å²) < 4.78 is 0.973. The van der Waals surface area contributed by atoms with E-state index < -0.39 is 0 Å². The number of halogens is 1. The summed E-state index contributed by atoms with van der Waals surface area (Å²) in [7, 11) is 0. The summed E-state index contributed by atoms with van der Waals surface area (Å²) in [5.41, 5.74) is 3.01. The van der Waals surface area contributed by atoms with Gasteiger partial charge in [0.25, 0.3) is 5.91 Å². The Kier molecular flexibility index (Phi) is 6.76. The summed E-state index contributed by atoms with van der Waals surface area (Å²) in [6.45, 7) is 5.95. The van der Waals surface area contributed by atoms with Gasteiger partial charge < -0.3 is 10.6 Å². The third kappa shape index (κ3) is 5.16. The van der Waals surface area contributed by atoms with Crippen LogP contribution in [-0.4, -0.2) is 11.8 Å². The molecule has 0 aliphatic rings. The molecule has 0 radical (unpaired) electrons. The fourth-order valence-electron chi connectivity index (χ4n) is 2.57. The van der Waals surface area contributed by atoms with Crippen molar-refractivity contribution in [1.29, 1.82) is 0 Å². The Hall–Kier alpha value is -2.14. The molecule has 0 saturated carbocycles. The Bertz CT molecular complexity index is 753. The van der Waals surface area contributed by atoms with Crippen LogP contribution < -0.4 is 10.6 Å². The molecule has 4 nitrogen and oxygen atoms in total. The van der Waals surface area contributed by atoms with Gasteiger partial charge in [0.2, 0.25) is 5.91 Å². The smallest absolute Gasteiger partial charge is 0.255 e. The maximum absolute atomic E-state index is 12.4. The molecule has 0 fully saturated rings. The van der Waals surface area contributed by atoms with Gasteiger partial charge in [-0.15, -0.1) is 0 Å². The van der Waals surface area contributed by atoms with Gasteiger partial charge in [0.05, 0.1) is 0 Å². The monoisotopic (exact) mass is 402 g/mol. The van der Waals surface area contributed by atoms with Crippen LogP contribution in [0.1, 0.15) is 42.6 Å². The van der Waals surface area contributed by atoms with E-state index in [0.29, 0.717) is 11.3 Å². The van der Waals surface area contributed by atoms with Gasteiger partial charge in [0.1, 0.15) is 0 Å². The lowest BCUT2D eigenvalue weighted by Crippen LogP contribution is -2.21. The number of aryl methyl sites for hydroxylation is 1. The molecule has 2 N–H and O–H groups in total. The first-order chi connectivity index (χ1) is 11.9. The van der Waals surface area contributed by atoms with E-state index in [0.717, 1.165) is 28.6 Å². The zero-order chi connectivity index (χ0) is 18.4. The van der Waals surface area contributed by atoms with E-state index in [1.165, 1.54) is 0 Å². The molecule has 0 saturated heterocycles. The molecule has 25 heavy (non-hydrogen) atoms. The number of hydrogen-bond acceptors (Lipinski definition) is 2. The molecular formula is C20H23BrN2O2. The van der Waals surface area contributed by atoms with Crippen LogP contribution in [0.2, 0.25) is 0 Å². The Morgan fingerprint density at radius 1 is 1.00 bits per heavy atom. The topological polar surface area (TPSA) is 58.2 Å². The van der Waals surface area contributed by atoms with Crippen LogP contribution in [0.3, 0.4) is 0 Å². The van der Waals surface area contributed by atoms with Crippen LogP contribution in [0.15, 0.2) is 46.9 Å². The molecule has 0 spiro atoms. The first-order valence-electron chi connectivity index (χ1n) is 8.43. The van der Waals surface area contributed by atoms with Gasteiger partial charge in [-0.05, 0) is 67.8 Å². The molecule has 0 unspecified atom stereocenters. The first-order valence-corrected chi connectivity index (χ1v) is 9.22. The lowest BCUT2D eigenvalue weighted by molar-refractivity contribution is -0.120. The van der Waals surface area contributed by atoms with E-state index in [-0.39, 0.29) is 17.7 Å². The molecule has 2 aromatic rings. The lowest BCUT2D eigenvalue weighted by Gasteiger charge is -2.13. The molecule has 5 heteroatoms. The predicted octanol–water partition coefficient (Wildman–Crippen LogP) is 5.38. The largest absolute Gasteiger partial charge is 0.326 e. The highest BCUT2D eigenvalue weighted by Gasteiger charge is 2.14. The Morgan fingerprint density at radius 2 is 1.64 bits per heavy atom. The van der Waals surface area contributed by atoms with E-state index >= 15 is 0 Å². The molecule has 0 aliphatic carbocycles. The minimum absolute atomic E-state index is 0.0170. The second kappa shape index (κ2) is 8.81. The van der Waals surface area contributed by atoms with Crippen molar-refractivity contribution in [1.82, 2.24) is 0 Å². The maximum atomic E-state index is 12.4. The third-order valence-electron chi connectivity index (χ3n) is 4.21. The molecular weight excluding hydrogens is 380 g/mol. The van der Waals surface area contributed by atoms with Crippen LogP contribution in [0.25, 0.3) is 0 Å². The second-order valence-corrected chi connectivity index (χ2v) is 6.91. The molecule has 2 rings (SSSR count). The van der Waals surface area contributed by atoms with Gasteiger partial charge in [-0.2, -0.15) is 0 Å². The minimum atomic E-state index is -0.178. The zero-order valence-corrected chi connectivity index (χ0v) is 16.3. The van der Waals surface area contributed by atoms with Gasteiger partial charge >= 0.3 is 0 Å². The second-order valence-electron chi connectivity index (χ2n) is 5.99. The van der Waals surface area contributed by atoms with Crippen molar-refractivity contribution in [2.45, 2.75) is 33.6 Å². The van der Waals surface area contributed by atoms with Gasteiger partial charge in [0, 0.05) is 27.3 Å². The number of amides is 2. The minimum Gasteiger partial charge on any atom is -0.326 e. The van der Waals surface area contributed by atoms with Crippen molar-refractivity contribution >= 4 is 39.1 Å². The standard InChI is InChI=1S/C20H23BrN2O2/c1-4-14(5-2)19(24)22-17-9-6-15(7-10-17)20(25)23-18-11-8-16(21)12-13(18)3/h6-12,14H,4-5H2,1-3H3,(H,22,24)(H,23,25). The zero-order valence-electron chi connectivity index (χ0n) is 14.7. The number of rotatable bonds is 6. The SMILES string of the molecule is CCC(CC)C(=O)Nc1ccc(C(=O)Nc2ccc(Br)cc2C)cc1. The van der Waals surface area contributed by atoms with Crippen molar-refractivity contribution in [3.05, 3.63) is 58.1 Å². The summed E-state index contributed by atoms with van der Waals surface area (Å²) >= 11 is 3.41. The lowest BCUT2D eigenvalue weighted by atomic mass is 10.0. The summed E-state index contributed by atoms with van der Waals surface area (Å²) in [5.74, 6) is -0.140. The maximum Gasteiger partial charge on any atom is 0.255 e. The molecule has 132 valence electrons. The van der Waals surface area contributed by atoms with Crippen molar-refractivity contribution < 1.29 is 9.59 Å². The number of benzene rings is 2. The first kappa shape index (κ1) is 19.2. The van der Waals surface area contributed by atoms with Crippen LogP contribution in [0, 0.1) is 12.8 Å². The molecule has 0 bridgehead atoms. The van der Waals surface area contributed by atoms with E-state index in [2.05, 4.69) is 26.6 Å². The highest BCUT2D eigenvalue weighted by Crippen LogP contribution is 2.21. The Labute approximate surface area is 157 Å². The molecule has 0 aliphatic heterocycles. The summed E-state index contributed by atoms with van der Waals surface area (Å²) in [6, 6.07) is 12.6. The van der Waals surface area contributed by atoms with Gasteiger partial charge in [-0.25, -0.2) is 0 Å². The summed E-state index contributed by atoms with van der Waals surface area (Å²) in [6.07, 6.45) is 1.63. The molecule has 2 aromatic carbocycles. The molecule has 0 atom stereocenters. The third-order valence-corrected chi connectivity index (χ3v) is 4.70. The number of hydrogen-bond donors (Lipinski definition) is 2. The van der Waals surface area contributed by atoms with Crippen LogP contribution in [0.4, 0.5) is 11.4 Å². The highest BCUT2D eigenvalue weighted by molar-refractivity contribution is 9.10. The Balaban J connectivity index is 2.03. The summed E-state index contributed by atoms with van der Waals surface area (Å²) in [4.78, 5) is 24.5. The van der Waals surface area contributed by atoms with Gasteiger partial charge in [-0.1, -0.05) is 29.8 Å². The average Bonchev–Trinajstić information content (AvgIpc) is 2.59. The normalized spacial score (nSPS) is 10.6. The van der Waals surface area contributed by atoms with Crippen molar-refractivity contribution in [2.24, 2.45) is 5.92 Å². The molecule has 2 amide bonds. The van der Waals surface area contributed by atoms with E-state index in [1.54, 1.807) is 24.3 Å². The fourth-order valence-corrected chi connectivity index (χ4v) is 3.05. The molecule has 0 heterocycles. The highest BCUT2D eigenvalue weighted by atomic mass is 79.9. The van der Waals surface area contributed by atoms with Crippen LogP contribution in [0.5, 0.6) is 0 Å². The van der Waals surface area contributed by atoms with E-state index in [1.807, 2.05) is 39.0 Å². The quantitative estimate of drug-likeness (QED) is 0.680. The Morgan fingerprint density at radius 3 is 2.20 bits per heavy atom. The molecule has 0 aromatic heterocycles. The number of carbonyl (C=O) groups excluding carboxylic acids is 2. The van der Waals surface area contributed by atoms with Crippen molar-refractivity contribution in [2.75, 3.05) is 10.6 Å². The number of carbonyl (C=O) groups is 2. The van der Waals surface area contributed by atoms with Crippen LogP contribution in [-0.2, 0) is 4.79 Å². The number of anilines is 2. The average molecular weight is 403 g/mol.